The van der Waals surface area contributed by atoms with E-state index in [9.17, 15) is 60.0 Å². The Balaban J connectivity index is 7.32. The zero-order chi connectivity index (χ0) is 31.6. The van der Waals surface area contributed by atoms with Crippen LogP contribution in [0.15, 0.2) is 0 Å². The minimum Gasteiger partial charge on any atom is -0.393 e. The van der Waals surface area contributed by atoms with Gasteiger partial charge in [0.15, 0.2) is 11.2 Å². The fraction of sp³-hybridized carbons (Fsp3) is 0.857. The lowest BCUT2D eigenvalue weighted by Crippen LogP contribution is -2.67. The molecule has 0 radical (unpaired) electrons. The molecule has 13 nitrogen and oxygen atoms in total. The van der Waals surface area contributed by atoms with Crippen LogP contribution >= 0.6 is 0 Å². The number of aliphatic hydroxyl groups is 8. The lowest BCUT2D eigenvalue weighted by molar-refractivity contribution is -0.205. The molecule has 4 atom stereocenters. The van der Waals surface area contributed by atoms with Crippen molar-refractivity contribution in [1.82, 2.24) is 0 Å². The van der Waals surface area contributed by atoms with Gasteiger partial charge in [-0.3, -0.25) is 19.2 Å². The van der Waals surface area contributed by atoms with Crippen LogP contribution in [0.2, 0.25) is 0 Å². The summed E-state index contributed by atoms with van der Waals surface area (Å²) < 4.78 is 5.90. The SMILES string of the molecule is CCCCCCCC(OC(CCCCCCC)(C(=O)C(O)CO)C(=O)C(O)CO)(C(=O)C(O)CO)C(=O)C(O)CO. The predicted molar refractivity (Wildman–Crippen MR) is 146 cm³/mol. The van der Waals surface area contributed by atoms with Gasteiger partial charge in [-0.05, 0) is 25.7 Å². The summed E-state index contributed by atoms with van der Waals surface area (Å²) in [6, 6.07) is 0. The molecule has 0 aromatic heterocycles. The number of hydrogen-bond donors (Lipinski definition) is 8. The maximum atomic E-state index is 13.6. The smallest absolute Gasteiger partial charge is 0.203 e. The van der Waals surface area contributed by atoms with E-state index in [0.717, 1.165) is 25.7 Å². The normalized spacial score (nSPS) is 17.6. The minimum absolute atomic E-state index is 0.0356. The van der Waals surface area contributed by atoms with Crippen LogP contribution in [-0.2, 0) is 23.9 Å². The van der Waals surface area contributed by atoms with Crippen LogP contribution in [0.25, 0.3) is 0 Å². The van der Waals surface area contributed by atoms with E-state index >= 15 is 0 Å². The zero-order valence-electron chi connectivity index (χ0n) is 24.2. The molecule has 0 aliphatic rings. The third-order valence-corrected chi connectivity index (χ3v) is 7.11. The second-order valence-electron chi connectivity index (χ2n) is 10.3. The van der Waals surface area contributed by atoms with E-state index in [-0.39, 0.29) is 12.8 Å². The Bertz CT molecular complexity index is 692. The van der Waals surface area contributed by atoms with Gasteiger partial charge in [0, 0.05) is 0 Å². The minimum atomic E-state index is -3.00. The fourth-order valence-corrected chi connectivity index (χ4v) is 4.70. The van der Waals surface area contributed by atoms with Crippen LogP contribution < -0.4 is 0 Å². The Labute approximate surface area is 241 Å². The molecule has 8 N–H and O–H groups in total. The summed E-state index contributed by atoms with van der Waals surface area (Å²) in [4.78, 5) is 54.4. The van der Waals surface area contributed by atoms with Crippen molar-refractivity contribution in [3.05, 3.63) is 0 Å². The van der Waals surface area contributed by atoms with Gasteiger partial charge in [0.2, 0.25) is 23.1 Å². The van der Waals surface area contributed by atoms with E-state index in [1.165, 1.54) is 0 Å². The number of ether oxygens (including phenoxy) is 1. The van der Waals surface area contributed by atoms with Crippen LogP contribution in [-0.4, -0.2) is 126 Å². The molecule has 0 amide bonds. The van der Waals surface area contributed by atoms with Gasteiger partial charge < -0.3 is 45.6 Å². The molecule has 0 aromatic carbocycles. The maximum Gasteiger partial charge on any atom is 0.203 e. The Morgan fingerprint density at radius 2 is 0.732 bits per heavy atom. The van der Waals surface area contributed by atoms with Crippen molar-refractivity contribution in [1.29, 1.82) is 0 Å². The first-order valence-corrected chi connectivity index (χ1v) is 14.4. The Kier molecular flexibility index (Phi) is 19.4. The number of Topliss-reactive ketones (excluding diaryl/α,β-unsaturated/α-hetero) is 4. The average molecular weight is 595 g/mol. The lowest BCUT2D eigenvalue weighted by atomic mass is 9.77. The molecule has 41 heavy (non-hydrogen) atoms. The number of ketones is 4. The molecule has 0 aliphatic heterocycles. The Morgan fingerprint density at radius 3 is 0.951 bits per heavy atom. The van der Waals surface area contributed by atoms with Crippen molar-refractivity contribution in [3.8, 4) is 0 Å². The van der Waals surface area contributed by atoms with Crippen molar-refractivity contribution in [2.24, 2.45) is 0 Å². The first kappa shape index (κ1) is 39.3. The van der Waals surface area contributed by atoms with Gasteiger partial charge in [-0.15, -0.1) is 0 Å². The Hall–Kier alpha value is -1.68. The molecular formula is C28H50O13. The molecule has 4 unspecified atom stereocenters. The van der Waals surface area contributed by atoms with Crippen LogP contribution in [0.3, 0.4) is 0 Å². The van der Waals surface area contributed by atoms with Gasteiger partial charge in [0.25, 0.3) is 0 Å². The van der Waals surface area contributed by atoms with Gasteiger partial charge in [0.1, 0.15) is 24.4 Å². The van der Waals surface area contributed by atoms with Crippen molar-refractivity contribution < 1.29 is 64.8 Å². The van der Waals surface area contributed by atoms with Gasteiger partial charge in [-0.1, -0.05) is 65.2 Å². The van der Waals surface area contributed by atoms with Crippen molar-refractivity contribution >= 4 is 23.1 Å². The summed E-state index contributed by atoms with van der Waals surface area (Å²) in [6.45, 7) is -0.916. The molecule has 0 aliphatic carbocycles. The van der Waals surface area contributed by atoms with Gasteiger partial charge >= 0.3 is 0 Å². The maximum absolute atomic E-state index is 13.6. The molecule has 0 heterocycles. The van der Waals surface area contributed by atoms with E-state index in [0.29, 0.717) is 25.7 Å². The number of unbranched alkanes of at least 4 members (excludes halogenated alkanes) is 8. The Morgan fingerprint density at radius 1 is 0.488 bits per heavy atom. The number of carbonyl (C=O) groups is 4. The van der Waals surface area contributed by atoms with Gasteiger partial charge in [0.05, 0.1) is 26.4 Å². The summed E-state index contributed by atoms with van der Waals surface area (Å²) in [7, 11) is 0. The van der Waals surface area contributed by atoms with E-state index < -0.39 is 98.0 Å². The second-order valence-corrected chi connectivity index (χ2v) is 10.3. The quantitative estimate of drug-likeness (QED) is 0.0438. The van der Waals surface area contributed by atoms with Crippen molar-refractivity contribution in [3.63, 3.8) is 0 Å². The van der Waals surface area contributed by atoms with E-state index in [2.05, 4.69) is 0 Å². The average Bonchev–Trinajstić information content (AvgIpc) is 2.99. The summed E-state index contributed by atoms with van der Waals surface area (Å²) in [5.74, 6) is -6.05. The third-order valence-electron chi connectivity index (χ3n) is 7.11. The largest absolute Gasteiger partial charge is 0.393 e. The van der Waals surface area contributed by atoms with Crippen LogP contribution in [0, 0.1) is 0 Å². The summed E-state index contributed by atoms with van der Waals surface area (Å²) >= 11 is 0. The van der Waals surface area contributed by atoms with Crippen LogP contribution in [0.1, 0.15) is 90.9 Å². The first-order valence-electron chi connectivity index (χ1n) is 14.4. The molecule has 0 spiro atoms. The monoisotopic (exact) mass is 594 g/mol. The molecule has 240 valence electrons. The molecular weight excluding hydrogens is 544 g/mol. The van der Waals surface area contributed by atoms with Gasteiger partial charge in [-0.25, -0.2) is 0 Å². The van der Waals surface area contributed by atoms with Crippen LogP contribution in [0.5, 0.6) is 0 Å². The molecule has 0 fully saturated rings. The zero-order valence-corrected chi connectivity index (χ0v) is 24.2. The molecule has 0 bridgehead atoms. The first-order chi connectivity index (χ1) is 19.4. The topological polar surface area (TPSA) is 239 Å². The second kappa shape index (κ2) is 20.3. The number of hydrogen-bond acceptors (Lipinski definition) is 13. The number of carbonyl (C=O) groups excluding carboxylic acids is 4. The highest BCUT2D eigenvalue weighted by molar-refractivity contribution is 6.17. The fourth-order valence-electron chi connectivity index (χ4n) is 4.70. The standard InChI is InChI=1S/C28H50O13/c1-3-5-7-9-11-13-27(23(37)19(33)15-29,24(38)20(34)16-30)41-28(25(39)21(35)17-31,26(40)22(36)18-32)14-12-10-8-6-4-2/h19-22,29-36H,3-18H2,1-2H3. The van der Waals surface area contributed by atoms with Gasteiger partial charge in [-0.2, -0.15) is 0 Å². The van der Waals surface area contributed by atoms with Crippen molar-refractivity contribution in [2.75, 3.05) is 26.4 Å². The summed E-state index contributed by atoms with van der Waals surface area (Å²) in [5.41, 5.74) is -6.01. The molecule has 0 saturated carbocycles. The molecule has 13 heteroatoms. The van der Waals surface area contributed by atoms with E-state index in [1.807, 2.05) is 13.8 Å². The molecule has 0 saturated heterocycles. The highest BCUT2D eigenvalue weighted by Gasteiger charge is 2.60. The summed E-state index contributed by atoms with van der Waals surface area (Å²) in [5, 5.41) is 79.6. The molecule has 0 aromatic rings. The number of rotatable bonds is 26. The highest BCUT2D eigenvalue weighted by Crippen LogP contribution is 2.37. The van der Waals surface area contributed by atoms with E-state index in [4.69, 9.17) is 4.74 Å². The summed E-state index contributed by atoms with van der Waals surface area (Å²) in [6.07, 6.45) is -4.88. The van der Waals surface area contributed by atoms with E-state index in [1.54, 1.807) is 0 Å². The lowest BCUT2D eigenvalue weighted by Gasteiger charge is -2.43. The number of aliphatic hydroxyl groups excluding tert-OH is 8. The van der Waals surface area contributed by atoms with Crippen molar-refractivity contribution in [2.45, 2.75) is 127 Å². The molecule has 0 rings (SSSR count). The third kappa shape index (κ3) is 10.8. The predicted octanol–water partition coefficient (Wildman–Crippen LogP) is -1.11. The van der Waals surface area contributed by atoms with Crippen LogP contribution in [0.4, 0.5) is 0 Å². The highest BCUT2D eigenvalue weighted by atomic mass is 16.5.